The van der Waals surface area contributed by atoms with Gasteiger partial charge in [-0.25, -0.2) is 4.68 Å². The van der Waals surface area contributed by atoms with Crippen molar-refractivity contribution in [2.75, 3.05) is 6.54 Å². The molecule has 0 aliphatic carbocycles. The third-order valence-corrected chi connectivity index (χ3v) is 3.69. The number of carbonyl (C=O) groups is 1. The van der Waals surface area contributed by atoms with E-state index in [-0.39, 0.29) is 11.7 Å². The van der Waals surface area contributed by atoms with Crippen LogP contribution >= 0.6 is 0 Å². The van der Waals surface area contributed by atoms with Crippen molar-refractivity contribution in [1.29, 1.82) is 0 Å². The van der Waals surface area contributed by atoms with Crippen LogP contribution in [0.1, 0.15) is 16.1 Å². The van der Waals surface area contributed by atoms with Crippen molar-refractivity contribution in [3.63, 3.8) is 0 Å². The Morgan fingerprint density at radius 2 is 1.81 bits per heavy atom. The summed E-state index contributed by atoms with van der Waals surface area (Å²) in [5.41, 5.74) is 2.11. The van der Waals surface area contributed by atoms with E-state index in [9.17, 15) is 13.6 Å². The number of halogens is 2. The summed E-state index contributed by atoms with van der Waals surface area (Å²) in [6.07, 6.45) is 2.30. The number of nitrogens with zero attached hydrogens (tertiary/aromatic N) is 2. The highest BCUT2D eigenvalue weighted by Crippen LogP contribution is 2.15. The van der Waals surface area contributed by atoms with Crippen LogP contribution in [0.3, 0.4) is 0 Å². The van der Waals surface area contributed by atoms with Crippen LogP contribution in [-0.2, 0) is 6.42 Å². The summed E-state index contributed by atoms with van der Waals surface area (Å²) >= 11 is 0. The minimum absolute atomic E-state index is 0.110. The van der Waals surface area contributed by atoms with Crippen molar-refractivity contribution >= 4 is 5.91 Å². The fourth-order valence-corrected chi connectivity index (χ4v) is 2.42. The maximum Gasteiger partial charge on any atom is 0.387 e. The first kappa shape index (κ1) is 17.6. The zero-order valence-corrected chi connectivity index (χ0v) is 13.8. The molecule has 2 aromatic carbocycles. The Morgan fingerprint density at radius 1 is 1.08 bits per heavy atom. The fourth-order valence-electron chi connectivity index (χ4n) is 2.42. The molecule has 0 saturated carbocycles. The zero-order chi connectivity index (χ0) is 18.4. The minimum atomic E-state index is -2.84. The van der Waals surface area contributed by atoms with Crippen LogP contribution in [0.25, 0.3) is 5.69 Å². The quantitative estimate of drug-likeness (QED) is 0.705. The fraction of sp³-hybridized carbons (Fsp3) is 0.158. The maximum absolute atomic E-state index is 12.2. The summed E-state index contributed by atoms with van der Waals surface area (Å²) in [6, 6.07) is 17.5. The first-order valence-corrected chi connectivity index (χ1v) is 8.05. The van der Waals surface area contributed by atoms with Crippen molar-refractivity contribution in [1.82, 2.24) is 15.1 Å². The number of rotatable bonds is 7. The highest BCUT2D eigenvalue weighted by atomic mass is 19.3. The number of ether oxygens (including phenoxy) is 1. The molecule has 7 heteroatoms. The molecule has 0 spiro atoms. The molecule has 0 saturated heterocycles. The van der Waals surface area contributed by atoms with E-state index in [0.29, 0.717) is 18.7 Å². The second kappa shape index (κ2) is 8.24. The molecule has 0 atom stereocenters. The van der Waals surface area contributed by atoms with Gasteiger partial charge in [0.05, 0.1) is 5.69 Å². The minimum Gasteiger partial charge on any atom is -0.435 e. The number of para-hydroxylation sites is 1. The molecule has 3 rings (SSSR count). The van der Waals surface area contributed by atoms with Gasteiger partial charge in [0.1, 0.15) is 5.75 Å². The SMILES string of the molecule is O=C(NCCc1ccc(OC(F)F)cc1)c1ccn(-c2ccccc2)n1. The second-order valence-corrected chi connectivity index (χ2v) is 5.51. The lowest BCUT2D eigenvalue weighted by Crippen LogP contribution is -2.26. The van der Waals surface area contributed by atoms with Crippen molar-refractivity contribution in [2.24, 2.45) is 0 Å². The molecule has 1 aromatic heterocycles. The number of amides is 1. The molecule has 1 amide bonds. The molecule has 1 N–H and O–H groups in total. The van der Waals surface area contributed by atoms with Crippen LogP contribution in [0.4, 0.5) is 8.78 Å². The smallest absolute Gasteiger partial charge is 0.387 e. The van der Waals surface area contributed by atoms with Crippen LogP contribution in [-0.4, -0.2) is 28.8 Å². The van der Waals surface area contributed by atoms with E-state index in [0.717, 1.165) is 11.3 Å². The molecule has 0 bridgehead atoms. The molecule has 0 aliphatic rings. The number of nitrogens with one attached hydrogen (secondary N) is 1. The number of alkyl halides is 2. The summed E-state index contributed by atoms with van der Waals surface area (Å²) in [6.45, 7) is -2.43. The topological polar surface area (TPSA) is 56.1 Å². The maximum atomic E-state index is 12.2. The average molecular weight is 357 g/mol. The van der Waals surface area contributed by atoms with E-state index < -0.39 is 6.61 Å². The predicted molar refractivity (Wildman–Crippen MR) is 92.7 cm³/mol. The van der Waals surface area contributed by atoms with Crippen LogP contribution in [0, 0.1) is 0 Å². The highest BCUT2D eigenvalue weighted by Gasteiger charge is 2.10. The molecule has 0 unspecified atom stereocenters. The lowest BCUT2D eigenvalue weighted by atomic mass is 10.1. The Labute approximate surface area is 149 Å². The first-order valence-electron chi connectivity index (χ1n) is 8.05. The van der Waals surface area contributed by atoms with E-state index in [1.54, 1.807) is 29.1 Å². The van der Waals surface area contributed by atoms with E-state index in [1.807, 2.05) is 30.3 Å². The van der Waals surface area contributed by atoms with Gasteiger partial charge in [0, 0.05) is 12.7 Å². The summed E-state index contributed by atoms with van der Waals surface area (Å²) < 4.78 is 30.1. The standard InChI is InChI=1S/C19H17F2N3O2/c20-19(21)26-16-8-6-14(7-9-16)10-12-22-18(25)17-11-13-24(23-17)15-4-2-1-3-5-15/h1-9,11,13,19H,10,12H2,(H,22,25). The Bertz CT molecular complexity index is 849. The molecule has 5 nitrogen and oxygen atoms in total. The zero-order valence-electron chi connectivity index (χ0n) is 13.8. The summed E-state index contributed by atoms with van der Waals surface area (Å²) in [7, 11) is 0. The van der Waals surface area contributed by atoms with Crippen LogP contribution in [0.15, 0.2) is 66.9 Å². The average Bonchev–Trinajstić information content (AvgIpc) is 3.14. The second-order valence-electron chi connectivity index (χ2n) is 5.51. The van der Waals surface area contributed by atoms with Gasteiger partial charge < -0.3 is 10.1 Å². The lowest BCUT2D eigenvalue weighted by Gasteiger charge is -2.06. The summed E-state index contributed by atoms with van der Waals surface area (Å²) in [5, 5.41) is 7.06. The van der Waals surface area contributed by atoms with Gasteiger partial charge in [0.15, 0.2) is 5.69 Å². The van der Waals surface area contributed by atoms with Crippen LogP contribution < -0.4 is 10.1 Å². The largest absolute Gasteiger partial charge is 0.435 e. The van der Waals surface area contributed by atoms with E-state index in [1.165, 1.54) is 12.1 Å². The highest BCUT2D eigenvalue weighted by molar-refractivity contribution is 5.92. The van der Waals surface area contributed by atoms with Gasteiger partial charge in [-0.05, 0) is 42.3 Å². The van der Waals surface area contributed by atoms with Gasteiger partial charge in [-0.3, -0.25) is 4.79 Å². The monoisotopic (exact) mass is 357 g/mol. The number of carbonyl (C=O) groups excluding carboxylic acids is 1. The Kier molecular flexibility index (Phi) is 5.58. The molecule has 3 aromatic rings. The molecule has 26 heavy (non-hydrogen) atoms. The summed E-state index contributed by atoms with van der Waals surface area (Å²) in [4.78, 5) is 12.2. The van der Waals surface area contributed by atoms with Gasteiger partial charge in [0.2, 0.25) is 0 Å². The Morgan fingerprint density at radius 3 is 2.50 bits per heavy atom. The van der Waals surface area contributed by atoms with Crippen LogP contribution in [0.2, 0.25) is 0 Å². The normalized spacial score (nSPS) is 10.7. The number of benzene rings is 2. The lowest BCUT2D eigenvalue weighted by molar-refractivity contribution is -0.0498. The van der Waals surface area contributed by atoms with Gasteiger partial charge >= 0.3 is 6.61 Å². The molecule has 1 heterocycles. The molecular formula is C19H17F2N3O2. The predicted octanol–water partition coefficient (Wildman–Crippen LogP) is 3.45. The van der Waals surface area contributed by atoms with Crippen molar-refractivity contribution < 1.29 is 18.3 Å². The molecule has 0 fully saturated rings. The van der Waals surface area contributed by atoms with E-state index in [4.69, 9.17) is 0 Å². The molecule has 0 aliphatic heterocycles. The Balaban J connectivity index is 1.51. The summed E-state index contributed by atoms with van der Waals surface area (Å²) in [5.74, 6) is -0.156. The van der Waals surface area contributed by atoms with Gasteiger partial charge in [-0.1, -0.05) is 30.3 Å². The van der Waals surface area contributed by atoms with Gasteiger partial charge in [-0.2, -0.15) is 13.9 Å². The third-order valence-electron chi connectivity index (χ3n) is 3.69. The van der Waals surface area contributed by atoms with Gasteiger partial charge in [-0.15, -0.1) is 0 Å². The Hall–Kier alpha value is -3.22. The molecule has 134 valence electrons. The van der Waals surface area contributed by atoms with Crippen molar-refractivity contribution in [3.05, 3.63) is 78.1 Å². The first-order chi connectivity index (χ1) is 12.6. The third kappa shape index (κ3) is 4.66. The van der Waals surface area contributed by atoms with Gasteiger partial charge in [0.25, 0.3) is 5.91 Å². The number of aromatic nitrogens is 2. The van der Waals surface area contributed by atoms with E-state index >= 15 is 0 Å². The van der Waals surface area contributed by atoms with Crippen LogP contribution in [0.5, 0.6) is 5.75 Å². The number of hydrogen-bond donors (Lipinski definition) is 1. The molecule has 0 radical (unpaired) electrons. The van der Waals surface area contributed by atoms with E-state index in [2.05, 4.69) is 15.2 Å². The number of hydrogen-bond acceptors (Lipinski definition) is 3. The van der Waals surface area contributed by atoms with Crippen molar-refractivity contribution in [3.8, 4) is 11.4 Å². The van der Waals surface area contributed by atoms with Crippen molar-refractivity contribution in [2.45, 2.75) is 13.0 Å². The molecular weight excluding hydrogens is 340 g/mol.